The lowest BCUT2D eigenvalue weighted by Gasteiger charge is -2.50. The van der Waals surface area contributed by atoms with Crippen LogP contribution in [0.1, 0.15) is 5.82 Å². The number of anilines is 2. The van der Waals surface area contributed by atoms with Crippen LogP contribution >= 0.6 is 23.3 Å². The largest absolute Gasteiger partial charge is 0.543 e. The van der Waals surface area contributed by atoms with E-state index in [-0.39, 0.29) is 34.7 Å². The van der Waals surface area contributed by atoms with Gasteiger partial charge in [-0.15, -0.1) is 11.8 Å². The van der Waals surface area contributed by atoms with Gasteiger partial charge >= 0.3 is 0 Å². The first kappa shape index (κ1) is 24.1. The number of nitrogens with zero attached hydrogens (tertiary/aromatic N) is 5. The number of hydrogen-bond acceptors (Lipinski definition) is 12. The SMILES string of the molecule is CON=C(C(=O)NC1C(=O)N2C(C(=O)[O-])=C(C[n+]3cccc(NC=O)c3)CS[C@H]12)c1nsc(N)n1. The van der Waals surface area contributed by atoms with Crippen molar-refractivity contribution in [1.82, 2.24) is 19.6 Å². The number of nitrogens with one attached hydrogen (secondary N) is 2. The zero-order valence-corrected chi connectivity index (χ0v) is 19.7. The van der Waals surface area contributed by atoms with Gasteiger partial charge in [-0.25, -0.2) is 0 Å². The molecular weight excluding hydrogens is 500 g/mol. The topological polar surface area (TPSA) is 196 Å². The Labute approximate surface area is 206 Å². The third kappa shape index (κ3) is 4.78. The van der Waals surface area contributed by atoms with Crippen LogP contribution in [0.25, 0.3) is 0 Å². The average Bonchev–Trinajstić information content (AvgIpc) is 3.26. The Kier molecular flexibility index (Phi) is 6.92. The van der Waals surface area contributed by atoms with Crippen molar-refractivity contribution in [2.24, 2.45) is 5.16 Å². The summed E-state index contributed by atoms with van der Waals surface area (Å²) in [4.78, 5) is 58.0. The summed E-state index contributed by atoms with van der Waals surface area (Å²) in [5.74, 6) is -2.69. The number of fused-ring (bicyclic) bond motifs is 1. The van der Waals surface area contributed by atoms with Crippen LogP contribution in [-0.4, -0.2) is 68.4 Å². The van der Waals surface area contributed by atoms with Crippen LogP contribution in [0.4, 0.5) is 10.8 Å². The van der Waals surface area contributed by atoms with Gasteiger partial charge in [0.2, 0.25) is 17.9 Å². The van der Waals surface area contributed by atoms with Crippen molar-refractivity contribution < 1.29 is 33.7 Å². The van der Waals surface area contributed by atoms with E-state index in [9.17, 15) is 24.3 Å². The van der Waals surface area contributed by atoms with Crippen molar-refractivity contribution in [2.75, 3.05) is 23.9 Å². The maximum atomic E-state index is 12.9. The molecule has 4 rings (SSSR count). The molecule has 2 aromatic rings. The third-order valence-corrected chi connectivity index (χ3v) is 6.92. The number of β-lactam (4-membered cyclic amide) rings is 1. The second-order valence-electron chi connectivity index (χ2n) is 7.21. The second kappa shape index (κ2) is 10.1. The summed E-state index contributed by atoms with van der Waals surface area (Å²) in [6.45, 7) is 0.153. The van der Waals surface area contributed by atoms with Gasteiger partial charge in [-0.3, -0.25) is 19.3 Å². The number of oxime groups is 1. The Morgan fingerprint density at radius 2 is 2.29 bits per heavy atom. The lowest BCUT2D eigenvalue weighted by molar-refractivity contribution is -0.688. The van der Waals surface area contributed by atoms with Gasteiger partial charge in [0.15, 0.2) is 24.1 Å². The molecule has 0 aliphatic carbocycles. The number of nitrogen functional groups attached to an aromatic ring is 1. The van der Waals surface area contributed by atoms with Crippen molar-refractivity contribution in [1.29, 1.82) is 0 Å². The Balaban J connectivity index is 1.53. The van der Waals surface area contributed by atoms with E-state index >= 15 is 0 Å². The molecule has 14 nitrogen and oxygen atoms in total. The fourth-order valence-corrected chi connectivity index (χ4v) is 5.37. The average molecular weight is 519 g/mol. The Hall–Kier alpha value is -4.05. The zero-order valence-electron chi connectivity index (χ0n) is 18.0. The van der Waals surface area contributed by atoms with Crippen molar-refractivity contribution in [2.45, 2.75) is 18.0 Å². The molecule has 2 aromatic heterocycles. The van der Waals surface area contributed by atoms with Gasteiger partial charge in [-0.2, -0.15) is 13.9 Å². The van der Waals surface area contributed by atoms with E-state index in [2.05, 4.69) is 30.0 Å². The van der Waals surface area contributed by atoms with Crippen molar-refractivity contribution >= 4 is 64.0 Å². The summed E-state index contributed by atoms with van der Waals surface area (Å²) < 4.78 is 5.60. The smallest absolute Gasteiger partial charge is 0.278 e. The van der Waals surface area contributed by atoms with Gasteiger partial charge in [0, 0.05) is 28.9 Å². The minimum absolute atomic E-state index is 0.0623. The summed E-state index contributed by atoms with van der Waals surface area (Å²) in [7, 11) is 1.23. The summed E-state index contributed by atoms with van der Waals surface area (Å²) in [6, 6.07) is 2.36. The molecular formula is C19H18N8O6S2. The number of carbonyl (C=O) groups is 4. The normalized spacial score (nSPS) is 19.5. The maximum absolute atomic E-state index is 12.9. The van der Waals surface area contributed by atoms with Crippen LogP contribution in [0.2, 0.25) is 0 Å². The number of carbonyl (C=O) groups excluding carboxylic acids is 4. The number of pyridine rings is 1. The van der Waals surface area contributed by atoms with Crippen LogP contribution in [0.5, 0.6) is 0 Å². The van der Waals surface area contributed by atoms with Crippen molar-refractivity contribution in [3.8, 4) is 0 Å². The minimum Gasteiger partial charge on any atom is -0.543 e. The molecule has 1 saturated heterocycles. The van der Waals surface area contributed by atoms with Crippen molar-refractivity contribution in [3.63, 3.8) is 0 Å². The predicted molar refractivity (Wildman–Crippen MR) is 121 cm³/mol. The molecule has 2 atom stereocenters. The molecule has 0 bridgehead atoms. The quantitative estimate of drug-likeness (QED) is 0.104. The molecule has 4 N–H and O–H groups in total. The highest BCUT2D eigenvalue weighted by Gasteiger charge is 2.53. The third-order valence-electron chi connectivity index (χ3n) is 5.04. The highest BCUT2D eigenvalue weighted by molar-refractivity contribution is 8.00. The lowest BCUT2D eigenvalue weighted by Crippen LogP contribution is -2.71. The zero-order chi connectivity index (χ0) is 25.1. The molecule has 0 spiro atoms. The van der Waals surface area contributed by atoms with E-state index in [1.54, 1.807) is 29.1 Å². The van der Waals surface area contributed by atoms with Gasteiger partial charge in [0.25, 0.3) is 11.8 Å². The van der Waals surface area contributed by atoms with Crippen LogP contribution in [0.3, 0.4) is 0 Å². The number of aliphatic carboxylic acids is 1. The molecule has 16 heteroatoms. The van der Waals surface area contributed by atoms with Gasteiger partial charge in [0.05, 0.1) is 11.7 Å². The molecule has 2 aliphatic rings. The van der Waals surface area contributed by atoms with Gasteiger partial charge in [-0.05, 0) is 6.07 Å². The number of thioether (sulfide) groups is 1. The maximum Gasteiger partial charge on any atom is 0.278 e. The number of carboxylic acids is 1. The molecule has 1 fully saturated rings. The number of carboxylic acid groups (broad SMARTS) is 1. The molecule has 35 heavy (non-hydrogen) atoms. The van der Waals surface area contributed by atoms with Crippen molar-refractivity contribution in [3.05, 3.63) is 41.6 Å². The Morgan fingerprint density at radius 3 is 2.94 bits per heavy atom. The standard InChI is InChI=1S/C19H18N8O6S2/c1-33-24-11(14-23-19(20)35-25-14)15(29)22-12-16(30)27-13(18(31)32)9(7-34-17(12)27)5-26-4-2-3-10(6-26)21-8-28/h2-4,6,8,12,17H,5,7H2,1H3,(H4-,20,21,22,23,25,28,29,31,32)/t12?,17-/m1/s1. The summed E-state index contributed by atoms with van der Waals surface area (Å²) in [6.07, 6.45) is 3.85. The minimum atomic E-state index is -1.50. The number of hydrogen-bond donors (Lipinski definition) is 3. The number of aromatic nitrogens is 3. The van der Waals surface area contributed by atoms with Crippen LogP contribution in [0.15, 0.2) is 41.0 Å². The second-order valence-corrected chi connectivity index (χ2v) is 9.09. The van der Waals surface area contributed by atoms with Crippen LogP contribution in [0, 0.1) is 0 Å². The highest BCUT2D eigenvalue weighted by Crippen LogP contribution is 2.40. The summed E-state index contributed by atoms with van der Waals surface area (Å²) in [5.41, 5.74) is 6.01. The number of amides is 3. The van der Waals surface area contributed by atoms with E-state index < -0.39 is 29.2 Å². The number of nitrogens with two attached hydrogens (primary N) is 1. The number of rotatable bonds is 9. The fourth-order valence-electron chi connectivity index (χ4n) is 3.60. The van der Waals surface area contributed by atoms with E-state index in [1.165, 1.54) is 18.9 Å². The molecule has 182 valence electrons. The van der Waals surface area contributed by atoms with Gasteiger partial charge in [0.1, 0.15) is 24.2 Å². The summed E-state index contributed by atoms with van der Waals surface area (Å²) in [5, 5.41) is 20.1. The molecule has 0 radical (unpaired) electrons. The first-order chi connectivity index (χ1) is 16.8. The lowest BCUT2D eigenvalue weighted by atomic mass is 10.0. The Morgan fingerprint density at radius 1 is 1.49 bits per heavy atom. The van der Waals surface area contributed by atoms with Gasteiger partial charge < -0.3 is 31.1 Å². The van der Waals surface area contributed by atoms with E-state index in [0.717, 1.165) is 16.4 Å². The molecule has 1 unspecified atom stereocenters. The van der Waals surface area contributed by atoms with Gasteiger partial charge in [-0.1, -0.05) is 5.16 Å². The first-order valence-corrected chi connectivity index (χ1v) is 11.7. The van der Waals surface area contributed by atoms with E-state index in [1.807, 2.05) is 0 Å². The van der Waals surface area contributed by atoms with Crippen LogP contribution in [-0.2, 0) is 30.6 Å². The molecule has 4 heterocycles. The first-order valence-electron chi connectivity index (χ1n) is 9.93. The monoisotopic (exact) mass is 518 g/mol. The molecule has 0 saturated carbocycles. The van der Waals surface area contributed by atoms with Crippen LogP contribution < -0.4 is 26.0 Å². The molecule has 2 aliphatic heterocycles. The highest BCUT2D eigenvalue weighted by atomic mass is 32.2. The van der Waals surface area contributed by atoms with E-state index in [4.69, 9.17) is 5.73 Å². The predicted octanol–water partition coefficient (Wildman–Crippen LogP) is -2.57. The molecule has 0 aromatic carbocycles. The van der Waals surface area contributed by atoms with E-state index in [0.29, 0.717) is 17.7 Å². The fraction of sp³-hybridized carbons (Fsp3) is 0.263. The Bertz CT molecular complexity index is 1260. The summed E-state index contributed by atoms with van der Waals surface area (Å²) >= 11 is 2.15. The molecule has 3 amide bonds.